The molecule has 0 saturated heterocycles. The fourth-order valence-corrected chi connectivity index (χ4v) is 2.94. The van der Waals surface area contributed by atoms with E-state index in [2.05, 4.69) is 15.3 Å². The second-order valence-electron chi connectivity index (χ2n) is 5.40. The molecular formula is C15H18N4O2. The van der Waals surface area contributed by atoms with Crippen molar-refractivity contribution in [2.75, 3.05) is 0 Å². The van der Waals surface area contributed by atoms with E-state index in [0.717, 1.165) is 25.7 Å². The lowest BCUT2D eigenvalue weighted by Crippen LogP contribution is -2.12. The number of aromatic carboxylic acids is 1. The minimum atomic E-state index is -1.06. The maximum atomic E-state index is 11.4. The van der Waals surface area contributed by atoms with Crippen molar-refractivity contribution in [3.8, 4) is 11.4 Å². The van der Waals surface area contributed by atoms with Crippen molar-refractivity contribution in [2.24, 2.45) is 0 Å². The zero-order chi connectivity index (χ0) is 14.7. The van der Waals surface area contributed by atoms with E-state index >= 15 is 0 Å². The Hall–Kier alpha value is -2.24. The molecule has 1 aliphatic carbocycles. The molecule has 1 saturated carbocycles. The fourth-order valence-electron chi connectivity index (χ4n) is 2.94. The molecule has 1 fully saturated rings. The van der Waals surface area contributed by atoms with Crippen molar-refractivity contribution in [3.63, 3.8) is 0 Å². The Morgan fingerprint density at radius 1 is 1.19 bits per heavy atom. The smallest absolute Gasteiger partial charge is 0.358 e. The van der Waals surface area contributed by atoms with Crippen LogP contribution in [0.4, 0.5) is 0 Å². The number of pyridine rings is 1. The molecule has 2 heterocycles. The summed E-state index contributed by atoms with van der Waals surface area (Å²) in [6.07, 6.45) is 8.45. The highest BCUT2D eigenvalue weighted by Gasteiger charge is 2.26. The summed E-state index contributed by atoms with van der Waals surface area (Å²) in [5.41, 5.74) is 1.12. The Labute approximate surface area is 122 Å². The van der Waals surface area contributed by atoms with Crippen LogP contribution in [-0.2, 0) is 0 Å². The molecule has 6 nitrogen and oxygen atoms in total. The molecule has 2 aromatic heterocycles. The normalized spacial score (nSPS) is 16.6. The molecule has 1 N–H and O–H groups in total. The van der Waals surface area contributed by atoms with Crippen LogP contribution in [0.2, 0.25) is 0 Å². The van der Waals surface area contributed by atoms with Crippen LogP contribution in [-0.4, -0.2) is 31.1 Å². The molecular weight excluding hydrogens is 268 g/mol. The molecule has 0 aromatic carbocycles. The van der Waals surface area contributed by atoms with E-state index in [1.54, 1.807) is 16.9 Å². The van der Waals surface area contributed by atoms with E-state index in [-0.39, 0.29) is 11.7 Å². The fraction of sp³-hybridized carbons (Fsp3) is 0.467. The number of carboxylic acids is 1. The van der Waals surface area contributed by atoms with Gasteiger partial charge in [-0.2, -0.15) is 0 Å². The van der Waals surface area contributed by atoms with Crippen LogP contribution in [0.3, 0.4) is 0 Å². The molecule has 21 heavy (non-hydrogen) atoms. The summed E-state index contributed by atoms with van der Waals surface area (Å²) in [5.74, 6) is -1.06. The van der Waals surface area contributed by atoms with Gasteiger partial charge in [0.15, 0.2) is 5.69 Å². The maximum absolute atomic E-state index is 11.4. The lowest BCUT2D eigenvalue weighted by Gasteiger charge is -2.16. The first kappa shape index (κ1) is 13.7. The summed E-state index contributed by atoms with van der Waals surface area (Å²) in [4.78, 5) is 15.7. The molecule has 3 rings (SSSR count). The summed E-state index contributed by atoms with van der Waals surface area (Å²) in [5, 5.41) is 17.3. The van der Waals surface area contributed by atoms with Gasteiger partial charge in [-0.25, -0.2) is 9.48 Å². The van der Waals surface area contributed by atoms with Gasteiger partial charge in [-0.05, 0) is 25.0 Å². The van der Waals surface area contributed by atoms with Crippen LogP contribution in [0.15, 0.2) is 24.4 Å². The Kier molecular flexibility index (Phi) is 3.94. The Bertz CT molecular complexity index is 616. The molecule has 0 amide bonds. The number of rotatable bonds is 3. The van der Waals surface area contributed by atoms with E-state index in [4.69, 9.17) is 0 Å². The highest BCUT2D eigenvalue weighted by Crippen LogP contribution is 2.31. The summed E-state index contributed by atoms with van der Waals surface area (Å²) in [6, 6.07) is 5.67. The molecule has 0 aliphatic heterocycles. The van der Waals surface area contributed by atoms with Crippen molar-refractivity contribution in [1.82, 2.24) is 20.0 Å². The summed E-state index contributed by atoms with van der Waals surface area (Å²) >= 11 is 0. The molecule has 6 heteroatoms. The van der Waals surface area contributed by atoms with Crippen LogP contribution in [0.5, 0.6) is 0 Å². The summed E-state index contributed by atoms with van der Waals surface area (Å²) in [6.45, 7) is 0. The highest BCUT2D eigenvalue weighted by molar-refractivity contribution is 5.92. The van der Waals surface area contributed by atoms with Gasteiger partial charge in [-0.3, -0.25) is 4.98 Å². The number of nitrogens with zero attached hydrogens (tertiary/aromatic N) is 4. The second-order valence-corrected chi connectivity index (χ2v) is 5.40. The van der Waals surface area contributed by atoms with E-state index in [1.807, 2.05) is 12.1 Å². The quantitative estimate of drug-likeness (QED) is 0.877. The van der Waals surface area contributed by atoms with Crippen molar-refractivity contribution in [1.29, 1.82) is 0 Å². The standard InChI is InChI=1S/C15H18N4O2/c20-15(21)13-14(12-9-5-6-10-16-12)19(18-17-13)11-7-3-1-2-4-8-11/h5-6,9-11H,1-4,7-8H2,(H,20,21). The minimum Gasteiger partial charge on any atom is -0.476 e. The van der Waals surface area contributed by atoms with Crippen molar-refractivity contribution in [3.05, 3.63) is 30.1 Å². The van der Waals surface area contributed by atoms with Crippen LogP contribution in [0, 0.1) is 0 Å². The molecule has 2 aromatic rings. The third-order valence-corrected chi connectivity index (χ3v) is 3.98. The van der Waals surface area contributed by atoms with Gasteiger partial charge >= 0.3 is 5.97 Å². The van der Waals surface area contributed by atoms with Gasteiger partial charge in [0, 0.05) is 6.20 Å². The van der Waals surface area contributed by atoms with Crippen LogP contribution < -0.4 is 0 Å². The zero-order valence-electron chi connectivity index (χ0n) is 11.8. The molecule has 0 bridgehead atoms. The Morgan fingerprint density at radius 2 is 1.95 bits per heavy atom. The number of hydrogen-bond donors (Lipinski definition) is 1. The van der Waals surface area contributed by atoms with Crippen molar-refractivity contribution < 1.29 is 9.90 Å². The van der Waals surface area contributed by atoms with Gasteiger partial charge in [-0.1, -0.05) is 37.0 Å². The SMILES string of the molecule is O=C(O)c1nnn(C2CCCCCC2)c1-c1ccccn1. The van der Waals surface area contributed by atoms with E-state index in [9.17, 15) is 9.90 Å². The third kappa shape index (κ3) is 2.79. The topological polar surface area (TPSA) is 80.9 Å². The van der Waals surface area contributed by atoms with Crippen molar-refractivity contribution >= 4 is 5.97 Å². The van der Waals surface area contributed by atoms with Crippen molar-refractivity contribution in [2.45, 2.75) is 44.6 Å². The van der Waals surface area contributed by atoms with E-state index in [1.165, 1.54) is 12.8 Å². The largest absolute Gasteiger partial charge is 0.476 e. The molecule has 0 unspecified atom stereocenters. The first-order chi connectivity index (χ1) is 10.3. The third-order valence-electron chi connectivity index (χ3n) is 3.98. The van der Waals surface area contributed by atoms with Gasteiger partial charge < -0.3 is 5.11 Å². The van der Waals surface area contributed by atoms with Gasteiger partial charge in [0.2, 0.25) is 0 Å². The van der Waals surface area contributed by atoms with E-state index < -0.39 is 5.97 Å². The average Bonchev–Trinajstić information content (AvgIpc) is 2.77. The second kappa shape index (κ2) is 6.03. The Morgan fingerprint density at radius 3 is 2.57 bits per heavy atom. The minimum absolute atomic E-state index is 0.0158. The molecule has 0 radical (unpaired) electrons. The number of hydrogen-bond acceptors (Lipinski definition) is 4. The Balaban J connectivity index is 2.06. The molecule has 1 aliphatic rings. The number of carbonyl (C=O) groups is 1. The van der Waals surface area contributed by atoms with Crippen LogP contribution in [0.25, 0.3) is 11.4 Å². The van der Waals surface area contributed by atoms with Crippen LogP contribution >= 0.6 is 0 Å². The van der Waals surface area contributed by atoms with Gasteiger partial charge in [-0.15, -0.1) is 5.10 Å². The maximum Gasteiger partial charge on any atom is 0.358 e. The van der Waals surface area contributed by atoms with E-state index in [0.29, 0.717) is 11.4 Å². The first-order valence-corrected chi connectivity index (χ1v) is 7.37. The zero-order valence-corrected chi connectivity index (χ0v) is 11.8. The van der Waals surface area contributed by atoms with Gasteiger partial charge in [0.1, 0.15) is 5.69 Å². The summed E-state index contributed by atoms with van der Waals surface area (Å²) < 4.78 is 1.77. The summed E-state index contributed by atoms with van der Waals surface area (Å²) in [7, 11) is 0. The first-order valence-electron chi connectivity index (χ1n) is 7.37. The number of carboxylic acid groups (broad SMARTS) is 1. The average molecular weight is 286 g/mol. The monoisotopic (exact) mass is 286 g/mol. The highest BCUT2D eigenvalue weighted by atomic mass is 16.4. The predicted molar refractivity (Wildman–Crippen MR) is 77.0 cm³/mol. The molecule has 0 spiro atoms. The van der Waals surface area contributed by atoms with Crippen LogP contribution in [0.1, 0.15) is 55.1 Å². The predicted octanol–water partition coefficient (Wildman–Crippen LogP) is 2.93. The molecule has 110 valence electrons. The van der Waals surface area contributed by atoms with Gasteiger partial charge in [0.05, 0.1) is 11.7 Å². The lowest BCUT2D eigenvalue weighted by molar-refractivity contribution is 0.0691. The number of aromatic nitrogens is 4. The van der Waals surface area contributed by atoms with Gasteiger partial charge in [0.25, 0.3) is 0 Å². The molecule has 0 atom stereocenters. The lowest BCUT2D eigenvalue weighted by atomic mass is 10.1.